The van der Waals surface area contributed by atoms with Crippen LogP contribution >= 0.6 is 11.8 Å². The Morgan fingerprint density at radius 2 is 1.87 bits per heavy atom. The van der Waals surface area contributed by atoms with Crippen LogP contribution in [0.2, 0.25) is 0 Å². The summed E-state index contributed by atoms with van der Waals surface area (Å²) < 4.78 is 5.44. The third-order valence-corrected chi connectivity index (χ3v) is 6.48. The second-order valence-corrected chi connectivity index (χ2v) is 9.08. The van der Waals surface area contributed by atoms with Gasteiger partial charge in [0, 0.05) is 11.3 Å². The molecule has 2 heterocycles. The molecule has 2 aliphatic heterocycles. The van der Waals surface area contributed by atoms with Gasteiger partial charge in [-0.05, 0) is 54.1 Å². The van der Waals surface area contributed by atoms with Crippen LogP contribution in [0.25, 0.3) is 5.70 Å². The van der Waals surface area contributed by atoms with Gasteiger partial charge < -0.3 is 20.7 Å². The van der Waals surface area contributed by atoms with E-state index in [1.54, 1.807) is 11.8 Å². The number of amides is 1. The number of hydrogen-bond donors (Lipinski definition) is 3. The molecule has 0 fully saturated rings. The minimum Gasteiger partial charge on any atom is -0.482 e. The number of fused-ring (bicyclic) bond motifs is 1. The largest absolute Gasteiger partial charge is 0.482 e. The lowest BCUT2D eigenvalue weighted by Gasteiger charge is -2.20. The summed E-state index contributed by atoms with van der Waals surface area (Å²) in [5.41, 5.74) is 5.36. The van der Waals surface area contributed by atoms with Crippen LogP contribution in [0.4, 0.5) is 11.4 Å². The highest BCUT2D eigenvalue weighted by Gasteiger charge is 2.21. The summed E-state index contributed by atoms with van der Waals surface area (Å²) in [5.74, 6) is 0.595. The van der Waals surface area contributed by atoms with E-state index >= 15 is 0 Å². The van der Waals surface area contributed by atoms with Gasteiger partial charge in [-0.1, -0.05) is 62.9 Å². The quantitative estimate of drug-likeness (QED) is 0.401. The number of hydrogen-bond acceptors (Lipinski definition) is 5. The maximum Gasteiger partial charge on any atom is 0.262 e. The number of benzene rings is 2. The number of aryl methyl sites for hydroxylation is 1. The Labute approximate surface area is 189 Å². The summed E-state index contributed by atoms with van der Waals surface area (Å²) in [6.07, 6.45) is 9.16. The molecule has 0 saturated heterocycles. The van der Waals surface area contributed by atoms with Crippen molar-refractivity contribution in [1.29, 1.82) is 0 Å². The van der Waals surface area contributed by atoms with E-state index in [2.05, 4.69) is 52.5 Å². The highest BCUT2D eigenvalue weighted by molar-refractivity contribution is 8.03. The minimum absolute atomic E-state index is 0.0706. The van der Waals surface area contributed by atoms with Crippen molar-refractivity contribution in [2.45, 2.75) is 57.4 Å². The number of thioether (sulfide) groups is 1. The molecule has 1 unspecified atom stereocenters. The Morgan fingerprint density at radius 3 is 2.71 bits per heavy atom. The first-order chi connectivity index (χ1) is 15.2. The Morgan fingerprint density at radius 1 is 1.06 bits per heavy atom. The van der Waals surface area contributed by atoms with Gasteiger partial charge in [-0.15, -0.1) is 0 Å². The maximum atomic E-state index is 11.6. The molecule has 0 aliphatic carbocycles. The van der Waals surface area contributed by atoms with Gasteiger partial charge in [0.15, 0.2) is 6.61 Å². The van der Waals surface area contributed by atoms with Crippen LogP contribution in [0.3, 0.4) is 0 Å². The van der Waals surface area contributed by atoms with Crippen molar-refractivity contribution in [2.75, 3.05) is 17.2 Å². The van der Waals surface area contributed by atoms with Gasteiger partial charge in [-0.2, -0.15) is 0 Å². The van der Waals surface area contributed by atoms with E-state index in [-0.39, 0.29) is 18.0 Å². The van der Waals surface area contributed by atoms with Gasteiger partial charge in [0.05, 0.1) is 11.4 Å². The SMILES string of the molecule is CCCCCCCCc1ccc(NC2NC(c3ccc4c(c3)NC(=O)CO4)=CS2)cc1. The number of unbranched alkanes of at least 4 members (excludes halogenated alkanes) is 5. The minimum atomic E-state index is -0.119. The molecule has 6 heteroatoms. The summed E-state index contributed by atoms with van der Waals surface area (Å²) in [5, 5.41) is 12.0. The average molecular weight is 438 g/mol. The first kappa shape index (κ1) is 21.6. The third kappa shape index (κ3) is 5.97. The molecule has 0 aromatic heterocycles. The standard InChI is InChI=1S/C25H31N3O2S/c1-2-3-4-5-6-7-8-18-9-12-20(13-10-18)26-25-28-22(17-31-25)19-11-14-23-21(15-19)27-24(29)16-30-23/h9-15,17,25-26,28H,2-8,16H2,1H3,(H,27,29). The fourth-order valence-corrected chi connectivity index (χ4v) is 4.72. The average Bonchev–Trinajstić information content (AvgIpc) is 3.25. The van der Waals surface area contributed by atoms with Crippen molar-refractivity contribution in [3.8, 4) is 5.75 Å². The van der Waals surface area contributed by atoms with Gasteiger partial charge in [0.25, 0.3) is 5.91 Å². The lowest BCUT2D eigenvalue weighted by atomic mass is 10.0. The van der Waals surface area contributed by atoms with E-state index in [1.807, 2.05) is 18.2 Å². The first-order valence-corrected chi connectivity index (χ1v) is 12.2. The molecule has 5 nitrogen and oxygen atoms in total. The predicted molar refractivity (Wildman–Crippen MR) is 130 cm³/mol. The molecular weight excluding hydrogens is 406 g/mol. The molecule has 164 valence electrons. The molecule has 2 aromatic carbocycles. The predicted octanol–water partition coefficient (Wildman–Crippen LogP) is 5.95. The number of carbonyl (C=O) groups excluding carboxylic acids is 1. The van der Waals surface area contributed by atoms with E-state index in [9.17, 15) is 4.79 Å². The smallest absolute Gasteiger partial charge is 0.262 e. The fourth-order valence-electron chi connectivity index (χ4n) is 3.85. The van der Waals surface area contributed by atoms with Crippen molar-refractivity contribution < 1.29 is 9.53 Å². The van der Waals surface area contributed by atoms with E-state index in [0.29, 0.717) is 5.75 Å². The molecule has 31 heavy (non-hydrogen) atoms. The van der Waals surface area contributed by atoms with Crippen LogP contribution in [0.15, 0.2) is 47.9 Å². The summed E-state index contributed by atoms with van der Waals surface area (Å²) >= 11 is 1.70. The van der Waals surface area contributed by atoms with Crippen molar-refractivity contribution in [1.82, 2.24) is 5.32 Å². The first-order valence-electron chi connectivity index (χ1n) is 11.3. The Kier molecular flexibility index (Phi) is 7.41. The molecule has 0 saturated carbocycles. The van der Waals surface area contributed by atoms with Crippen LogP contribution in [-0.4, -0.2) is 18.0 Å². The molecule has 4 rings (SSSR count). The van der Waals surface area contributed by atoms with E-state index in [4.69, 9.17) is 4.74 Å². The molecule has 0 bridgehead atoms. The molecule has 0 spiro atoms. The highest BCUT2D eigenvalue weighted by Crippen LogP contribution is 2.34. The van der Waals surface area contributed by atoms with Crippen molar-refractivity contribution in [3.63, 3.8) is 0 Å². The van der Waals surface area contributed by atoms with Crippen LogP contribution < -0.4 is 20.7 Å². The van der Waals surface area contributed by atoms with Gasteiger partial charge in [-0.25, -0.2) is 0 Å². The molecule has 2 aliphatic rings. The van der Waals surface area contributed by atoms with E-state index in [1.165, 1.54) is 44.1 Å². The zero-order valence-electron chi connectivity index (χ0n) is 18.1. The number of rotatable bonds is 10. The van der Waals surface area contributed by atoms with E-state index < -0.39 is 0 Å². The number of ether oxygens (including phenoxy) is 1. The van der Waals surface area contributed by atoms with Gasteiger partial charge in [0.2, 0.25) is 0 Å². The topological polar surface area (TPSA) is 62.4 Å². The monoisotopic (exact) mass is 437 g/mol. The molecule has 2 aromatic rings. The number of anilines is 2. The Bertz CT molecular complexity index is 927. The number of carbonyl (C=O) groups is 1. The van der Waals surface area contributed by atoms with E-state index in [0.717, 1.165) is 29.1 Å². The Hall–Kier alpha value is -2.60. The zero-order chi connectivity index (χ0) is 21.5. The normalized spacial score (nSPS) is 17.3. The molecule has 0 radical (unpaired) electrons. The van der Waals surface area contributed by atoms with Crippen LogP contribution in [-0.2, 0) is 11.2 Å². The molecular formula is C25H31N3O2S. The van der Waals surface area contributed by atoms with Crippen molar-refractivity contribution in [2.24, 2.45) is 0 Å². The van der Waals surface area contributed by atoms with Gasteiger partial charge in [-0.3, -0.25) is 4.79 Å². The Balaban J connectivity index is 1.24. The van der Waals surface area contributed by atoms with Crippen molar-refractivity contribution in [3.05, 3.63) is 59.0 Å². The third-order valence-electron chi connectivity index (χ3n) is 5.60. The summed E-state index contributed by atoms with van der Waals surface area (Å²) in [7, 11) is 0. The van der Waals surface area contributed by atoms with Crippen LogP contribution in [0.5, 0.6) is 5.75 Å². The fraction of sp³-hybridized carbons (Fsp3) is 0.400. The van der Waals surface area contributed by atoms with Gasteiger partial charge >= 0.3 is 0 Å². The van der Waals surface area contributed by atoms with Crippen LogP contribution in [0, 0.1) is 0 Å². The number of nitrogens with one attached hydrogen (secondary N) is 3. The summed E-state index contributed by atoms with van der Waals surface area (Å²) in [6, 6.07) is 14.7. The van der Waals surface area contributed by atoms with Gasteiger partial charge in [0.1, 0.15) is 11.2 Å². The zero-order valence-corrected chi connectivity index (χ0v) is 18.9. The highest BCUT2D eigenvalue weighted by atomic mass is 32.2. The second-order valence-electron chi connectivity index (χ2n) is 8.10. The summed E-state index contributed by atoms with van der Waals surface area (Å²) in [6.45, 7) is 2.34. The second kappa shape index (κ2) is 10.6. The summed E-state index contributed by atoms with van der Waals surface area (Å²) in [4.78, 5) is 11.6. The van der Waals surface area contributed by atoms with Crippen molar-refractivity contribution >= 4 is 34.7 Å². The molecule has 1 amide bonds. The lowest BCUT2D eigenvalue weighted by molar-refractivity contribution is -0.118. The van der Waals surface area contributed by atoms with Crippen LogP contribution in [0.1, 0.15) is 56.6 Å². The molecule has 3 N–H and O–H groups in total. The lowest BCUT2D eigenvalue weighted by Crippen LogP contribution is -2.28. The maximum absolute atomic E-state index is 11.6. The molecule has 1 atom stereocenters.